The number of aliphatic hydroxyl groups is 2. The second-order valence-electron chi connectivity index (χ2n) is 2.47. The first-order valence-corrected chi connectivity index (χ1v) is 6.07. The van der Waals surface area contributed by atoms with Gasteiger partial charge in [-0.3, -0.25) is 0 Å². The highest BCUT2D eigenvalue weighted by atomic mass is 79.9. The fourth-order valence-electron chi connectivity index (χ4n) is 0.565. The number of rotatable bonds is 4. The molecule has 0 saturated heterocycles. The third-order valence-electron chi connectivity index (χ3n) is 1.42. The molecule has 0 bridgehead atoms. The van der Waals surface area contributed by atoms with Crippen molar-refractivity contribution in [3.05, 3.63) is 0 Å². The molecule has 0 heterocycles. The van der Waals surface area contributed by atoms with E-state index in [4.69, 9.17) is 23.2 Å². The van der Waals surface area contributed by atoms with Crippen molar-refractivity contribution in [2.24, 2.45) is 0 Å². The van der Waals surface area contributed by atoms with Crippen molar-refractivity contribution in [1.29, 1.82) is 0 Å². The van der Waals surface area contributed by atoms with Gasteiger partial charge in [0.05, 0.1) is 17.0 Å². The van der Waals surface area contributed by atoms with Crippen LogP contribution in [-0.4, -0.2) is 36.9 Å². The SMILES string of the molecule is CC(O)C(Cl)(Cl)C(Br)C(O)CBr. The average molecular weight is 345 g/mol. The normalized spacial score (nSPS) is 20.2. The van der Waals surface area contributed by atoms with Crippen molar-refractivity contribution in [3.63, 3.8) is 0 Å². The topological polar surface area (TPSA) is 40.5 Å². The van der Waals surface area contributed by atoms with Crippen molar-refractivity contribution in [3.8, 4) is 0 Å². The number of hydrogen-bond acceptors (Lipinski definition) is 2. The van der Waals surface area contributed by atoms with Gasteiger partial charge in [0.25, 0.3) is 0 Å². The molecular weight excluding hydrogens is 335 g/mol. The molecule has 3 unspecified atom stereocenters. The van der Waals surface area contributed by atoms with E-state index >= 15 is 0 Å². The summed E-state index contributed by atoms with van der Waals surface area (Å²) in [6, 6.07) is 0. The van der Waals surface area contributed by atoms with Crippen molar-refractivity contribution >= 4 is 55.1 Å². The zero-order valence-corrected chi connectivity index (χ0v) is 11.0. The molecule has 12 heavy (non-hydrogen) atoms. The van der Waals surface area contributed by atoms with E-state index in [0.717, 1.165) is 0 Å². The van der Waals surface area contributed by atoms with Crippen LogP contribution in [0.3, 0.4) is 0 Å². The number of hydrogen-bond donors (Lipinski definition) is 2. The number of aliphatic hydroxyl groups excluding tert-OH is 2. The molecule has 74 valence electrons. The molecule has 3 atom stereocenters. The Morgan fingerprint density at radius 2 is 1.83 bits per heavy atom. The molecular formula is C6H10Br2Cl2O2. The van der Waals surface area contributed by atoms with Gasteiger partial charge in [-0.05, 0) is 6.92 Å². The van der Waals surface area contributed by atoms with Crippen LogP contribution in [0.1, 0.15) is 6.92 Å². The zero-order valence-electron chi connectivity index (χ0n) is 6.35. The van der Waals surface area contributed by atoms with Gasteiger partial charge in [0.1, 0.15) is 0 Å². The highest BCUT2D eigenvalue weighted by molar-refractivity contribution is 9.10. The lowest BCUT2D eigenvalue weighted by molar-refractivity contribution is 0.134. The average Bonchev–Trinajstić information content (AvgIpc) is 2.01. The number of halogens is 4. The third kappa shape index (κ3) is 3.31. The minimum Gasteiger partial charge on any atom is -0.391 e. The lowest BCUT2D eigenvalue weighted by Crippen LogP contribution is -2.44. The highest BCUT2D eigenvalue weighted by Gasteiger charge is 2.41. The molecule has 0 saturated carbocycles. The Morgan fingerprint density at radius 1 is 1.42 bits per heavy atom. The monoisotopic (exact) mass is 342 g/mol. The Kier molecular flexibility index (Phi) is 6.02. The van der Waals surface area contributed by atoms with Gasteiger partial charge in [-0.15, -0.1) is 0 Å². The van der Waals surface area contributed by atoms with Gasteiger partial charge < -0.3 is 10.2 Å². The molecule has 0 aromatic heterocycles. The summed E-state index contributed by atoms with van der Waals surface area (Å²) in [5.41, 5.74) is 0. The summed E-state index contributed by atoms with van der Waals surface area (Å²) in [5.74, 6) is 0. The molecule has 0 aliphatic rings. The van der Waals surface area contributed by atoms with Gasteiger partial charge in [0, 0.05) is 5.33 Å². The Balaban J connectivity index is 4.34. The molecule has 0 amide bonds. The van der Waals surface area contributed by atoms with Crippen LogP contribution in [0.4, 0.5) is 0 Å². The number of alkyl halides is 4. The first-order valence-electron chi connectivity index (χ1n) is 3.28. The van der Waals surface area contributed by atoms with Crippen molar-refractivity contribution in [2.45, 2.75) is 28.3 Å². The van der Waals surface area contributed by atoms with Gasteiger partial charge in [-0.2, -0.15) is 0 Å². The van der Waals surface area contributed by atoms with Crippen molar-refractivity contribution < 1.29 is 10.2 Å². The molecule has 0 aliphatic heterocycles. The highest BCUT2D eigenvalue weighted by Crippen LogP contribution is 2.36. The Bertz CT molecular complexity index is 144. The minimum absolute atomic E-state index is 0.344. The molecule has 0 aromatic carbocycles. The van der Waals surface area contributed by atoms with Crippen molar-refractivity contribution in [1.82, 2.24) is 0 Å². The van der Waals surface area contributed by atoms with E-state index in [-0.39, 0.29) is 0 Å². The molecule has 2 nitrogen and oxygen atoms in total. The predicted molar refractivity (Wildman–Crippen MR) is 58.6 cm³/mol. The lowest BCUT2D eigenvalue weighted by atomic mass is 10.1. The second-order valence-corrected chi connectivity index (χ2v) is 5.55. The summed E-state index contributed by atoms with van der Waals surface area (Å²) >= 11 is 17.8. The summed E-state index contributed by atoms with van der Waals surface area (Å²) in [6.45, 7) is 1.47. The fourth-order valence-corrected chi connectivity index (χ4v) is 2.30. The van der Waals surface area contributed by atoms with Gasteiger partial charge in [-0.1, -0.05) is 55.1 Å². The van der Waals surface area contributed by atoms with E-state index in [0.29, 0.717) is 5.33 Å². The van der Waals surface area contributed by atoms with Gasteiger partial charge in [0.2, 0.25) is 0 Å². The largest absolute Gasteiger partial charge is 0.391 e. The second kappa shape index (κ2) is 5.37. The van der Waals surface area contributed by atoms with E-state index in [1.54, 1.807) is 0 Å². The van der Waals surface area contributed by atoms with Crippen LogP contribution in [0.15, 0.2) is 0 Å². The molecule has 0 rings (SSSR count). The van der Waals surface area contributed by atoms with Crippen molar-refractivity contribution in [2.75, 3.05) is 5.33 Å². The Labute approximate surface area is 98.5 Å². The first-order chi connectivity index (χ1) is 5.34. The molecule has 2 N–H and O–H groups in total. The maximum absolute atomic E-state index is 9.34. The standard InChI is InChI=1S/C6H10Br2Cl2O2/c1-3(11)6(9,10)5(8)4(12)2-7/h3-5,11-12H,2H2,1H3. The van der Waals surface area contributed by atoms with E-state index < -0.39 is 21.4 Å². The minimum atomic E-state index is -1.38. The molecule has 6 heteroatoms. The molecule has 0 aromatic rings. The van der Waals surface area contributed by atoms with Crippen LogP contribution >= 0.6 is 55.1 Å². The maximum atomic E-state index is 9.34. The quantitative estimate of drug-likeness (QED) is 0.766. The Morgan fingerprint density at radius 3 is 2.08 bits per heavy atom. The van der Waals surface area contributed by atoms with E-state index in [1.165, 1.54) is 6.92 Å². The smallest absolute Gasteiger partial charge is 0.158 e. The van der Waals surface area contributed by atoms with Crippen LogP contribution in [-0.2, 0) is 0 Å². The van der Waals surface area contributed by atoms with E-state index in [9.17, 15) is 10.2 Å². The summed E-state index contributed by atoms with van der Waals surface area (Å²) in [5, 5.41) is 18.9. The predicted octanol–water partition coefficient (Wildman–Crippen LogP) is 2.06. The Hall–Kier alpha value is 1.46. The third-order valence-corrected chi connectivity index (χ3v) is 5.05. The van der Waals surface area contributed by atoms with Crippen LogP contribution in [0.25, 0.3) is 0 Å². The van der Waals surface area contributed by atoms with Gasteiger partial charge in [-0.25, -0.2) is 0 Å². The first kappa shape index (κ1) is 13.5. The van der Waals surface area contributed by atoms with Crippen LogP contribution in [0.5, 0.6) is 0 Å². The van der Waals surface area contributed by atoms with E-state index in [2.05, 4.69) is 31.9 Å². The van der Waals surface area contributed by atoms with Crippen LogP contribution in [0.2, 0.25) is 0 Å². The van der Waals surface area contributed by atoms with E-state index in [1.807, 2.05) is 0 Å². The van der Waals surface area contributed by atoms with Gasteiger partial charge >= 0.3 is 0 Å². The van der Waals surface area contributed by atoms with Crippen LogP contribution in [0, 0.1) is 0 Å². The zero-order chi connectivity index (χ0) is 9.94. The summed E-state index contributed by atoms with van der Waals surface area (Å²) < 4.78 is -1.38. The lowest BCUT2D eigenvalue weighted by Gasteiger charge is -2.30. The summed E-state index contributed by atoms with van der Waals surface area (Å²) in [7, 11) is 0. The van der Waals surface area contributed by atoms with Gasteiger partial charge in [0.15, 0.2) is 4.33 Å². The summed E-state index contributed by atoms with van der Waals surface area (Å²) in [4.78, 5) is -0.576. The molecule has 0 aliphatic carbocycles. The fraction of sp³-hybridized carbons (Fsp3) is 1.00. The molecule has 0 spiro atoms. The molecule has 0 fully saturated rings. The summed E-state index contributed by atoms with van der Waals surface area (Å²) in [6.07, 6.45) is -1.66. The molecule has 0 radical (unpaired) electrons. The maximum Gasteiger partial charge on any atom is 0.158 e. The van der Waals surface area contributed by atoms with Crippen LogP contribution < -0.4 is 0 Å².